The van der Waals surface area contributed by atoms with Gasteiger partial charge in [-0.05, 0) is 33.0 Å². The van der Waals surface area contributed by atoms with Gasteiger partial charge in [-0.1, -0.05) is 0 Å². The summed E-state index contributed by atoms with van der Waals surface area (Å²) in [7, 11) is 2.11. The second kappa shape index (κ2) is 6.16. The van der Waals surface area contributed by atoms with Gasteiger partial charge in [0.15, 0.2) is 0 Å². The quantitative estimate of drug-likeness (QED) is 0.635. The van der Waals surface area contributed by atoms with Gasteiger partial charge in [0, 0.05) is 6.20 Å². The first kappa shape index (κ1) is 15.2. The Morgan fingerprint density at radius 3 is 2.78 bits per heavy atom. The van der Waals surface area contributed by atoms with E-state index in [0.29, 0.717) is 6.04 Å². The molecule has 2 aromatic rings. The molecule has 0 unspecified atom stereocenters. The predicted molar refractivity (Wildman–Crippen MR) is 84.4 cm³/mol. The highest BCUT2D eigenvalue weighted by molar-refractivity contribution is 5.57. The molecular weight excluding hydrogens is 300 g/mol. The van der Waals surface area contributed by atoms with Gasteiger partial charge in [-0.25, -0.2) is 4.98 Å². The second-order valence-electron chi connectivity index (χ2n) is 5.59. The summed E-state index contributed by atoms with van der Waals surface area (Å²) in [5, 5.41) is 18.0. The van der Waals surface area contributed by atoms with Crippen LogP contribution in [0.5, 0.6) is 0 Å². The molecule has 3 rings (SSSR count). The number of nitrogens with zero attached hydrogens (tertiary/aromatic N) is 6. The molecule has 1 aliphatic heterocycles. The largest absolute Gasteiger partial charge is 0.378 e. The number of nitrogens with two attached hydrogens (primary N) is 1. The Morgan fingerprint density at radius 2 is 2.13 bits per heavy atom. The lowest BCUT2D eigenvalue weighted by atomic mass is 10.1. The summed E-state index contributed by atoms with van der Waals surface area (Å²) in [6.07, 6.45) is 6.76. The van der Waals surface area contributed by atoms with E-state index < -0.39 is 4.92 Å². The Balaban J connectivity index is 1.69. The normalized spacial score (nSPS) is 16.4. The third-order valence-electron chi connectivity index (χ3n) is 3.91. The summed E-state index contributed by atoms with van der Waals surface area (Å²) >= 11 is 0. The van der Waals surface area contributed by atoms with Gasteiger partial charge in [0.25, 0.3) is 0 Å². The van der Waals surface area contributed by atoms with Crippen LogP contribution < -0.4 is 11.1 Å². The van der Waals surface area contributed by atoms with Crippen molar-refractivity contribution >= 4 is 23.1 Å². The number of nitro groups is 1. The fraction of sp³-hybridized carbons (Fsp3) is 0.462. The zero-order chi connectivity index (χ0) is 16.4. The van der Waals surface area contributed by atoms with E-state index in [1.807, 2.05) is 10.9 Å². The van der Waals surface area contributed by atoms with Gasteiger partial charge in [0.05, 0.1) is 22.8 Å². The van der Waals surface area contributed by atoms with E-state index in [1.54, 1.807) is 6.20 Å². The van der Waals surface area contributed by atoms with Gasteiger partial charge in [0.2, 0.25) is 11.8 Å². The summed E-state index contributed by atoms with van der Waals surface area (Å²) < 4.78 is 1.93. The van der Waals surface area contributed by atoms with Gasteiger partial charge in [-0.2, -0.15) is 10.1 Å². The number of hydrogen-bond acceptors (Lipinski definition) is 8. The Labute approximate surface area is 132 Å². The van der Waals surface area contributed by atoms with Crippen molar-refractivity contribution < 1.29 is 4.92 Å². The van der Waals surface area contributed by atoms with Crippen LogP contribution in [0.25, 0.3) is 0 Å². The lowest BCUT2D eigenvalue weighted by Gasteiger charge is -2.28. The van der Waals surface area contributed by atoms with Gasteiger partial charge < -0.3 is 16.0 Å². The molecule has 1 saturated heterocycles. The van der Waals surface area contributed by atoms with Crippen molar-refractivity contribution in [1.29, 1.82) is 0 Å². The maximum atomic E-state index is 10.7. The smallest absolute Gasteiger partial charge is 0.329 e. The van der Waals surface area contributed by atoms with Crippen molar-refractivity contribution in [3.8, 4) is 0 Å². The Hall–Kier alpha value is -2.75. The van der Waals surface area contributed by atoms with E-state index >= 15 is 0 Å². The fourth-order valence-corrected chi connectivity index (χ4v) is 2.58. The molecule has 3 heterocycles. The summed E-state index contributed by atoms with van der Waals surface area (Å²) in [4.78, 5) is 20.2. The standard InChI is InChI=1S/C13H18N8O2/c1-19-4-2-10(3-5-19)20-8-9(6-16-20)17-13-15-7-11(21(22)23)12(14)18-13/h6-8,10H,2-5H2,1H3,(H3,14,15,17,18). The van der Waals surface area contributed by atoms with Gasteiger partial charge in [-0.3, -0.25) is 14.8 Å². The Morgan fingerprint density at radius 1 is 1.39 bits per heavy atom. The Bertz CT molecular complexity index is 708. The molecule has 0 saturated carbocycles. The molecule has 122 valence electrons. The Kier molecular flexibility index (Phi) is 4.06. The van der Waals surface area contributed by atoms with E-state index in [1.165, 1.54) is 0 Å². The molecule has 0 spiro atoms. The molecule has 2 aromatic heterocycles. The van der Waals surface area contributed by atoms with Crippen molar-refractivity contribution in [2.24, 2.45) is 0 Å². The number of piperidine rings is 1. The zero-order valence-corrected chi connectivity index (χ0v) is 12.7. The number of nitrogen functional groups attached to an aromatic ring is 1. The molecule has 0 aromatic carbocycles. The predicted octanol–water partition coefficient (Wildman–Crippen LogP) is 1.17. The minimum atomic E-state index is -0.614. The second-order valence-corrected chi connectivity index (χ2v) is 5.59. The maximum Gasteiger partial charge on any atom is 0.329 e. The lowest BCUT2D eigenvalue weighted by molar-refractivity contribution is -0.384. The molecule has 3 N–H and O–H groups in total. The van der Waals surface area contributed by atoms with Gasteiger partial charge in [-0.15, -0.1) is 0 Å². The zero-order valence-electron chi connectivity index (χ0n) is 12.7. The summed E-state index contributed by atoms with van der Waals surface area (Å²) in [5.74, 6) is 0.0336. The van der Waals surface area contributed by atoms with Crippen LogP contribution >= 0.6 is 0 Å². The average molecular weight is 318 g/mol. The van der Waals surface area contributed by atoms with Crippen molar-refractivity contribution in [3.63, 3.8) is 0 Å². The number of nitrogens with one attached hydrogen (secondary N) is 1. The van der Waals surface area contributed by atoms with Crippen LogP contribution in [0.2, 0.25) is 0 Å². The number of rotatable bonds is 4. The molecule has 1 aliphatic rings. The molecule has 10 heteroatoms. The van der Waals surface area contributed by atoms with E-state index in [-0.39, 0.29) is 17.5 Å². The van der Waals surface area contributed by atoms with Crippen molar-refractivity contribution in [2.75, 3.05) is 31.2 Å². The monoisotopic (exact) mass is 318 g/mol. The number of anilines is 3. The van der Waals surface area contributed by atoms with Crippen molar-refractivity contribution in [3.05, 3.63) is 28.7 Å². The van der Waals surface area contributed by atoms with Crippen LogP contribution in [0, 0.1) is 10.1 Å². The molecule has 10 nitrogen and oxygen atoms in total. The first-order chi connectivity index (χ1) is 11.0. The number of hydrogen-bond donors (Lipinski definition) is 2. The van der Waals surface area contributed by atoms with Crippen molar-refractivity contribution in [2.45, 2.75) is 18.9 Å². The minimum Gasteiger partial charge on any atom is -0.378 e. The van der Waals surface area contributed by atoms with Crippen LogP contribution in [0.3, 0.4) is 0 Å². The first-order valence-electron chi connectivity index (χ1n) is 7.29. The number of aromatic nitrogens is 4. The van der Waals surface area contributed by atoms with Gasteiger partial charge >= 0.3 is 5.69 Å². The fourth-order valence-electron chi connectivity index (χ4n) is 2.58. The summed E-state index contributed by atoms with van der Waals surface area (Å²) in [5.41, 5.74) is 5.96. The molecule has 23 heavy (non-hydrogen) atoms. The molecule has 0 bridgehead atoms. The van der Waals surface area contributed by atoms with Crippen molar-refractivity contribution in [1.82, 2.24) is 24.6 Å². The van der Waals surface area contributed by atoms with Crippen LogP contribution in [-0.2, 0) is 0 Å². The molecule has 0 amide bonds. The molecule has 1 fully saturated rings. The highest BCUT2D eigenvalue weighted by Crippen LogP contribution is 2.24. The van der Waals surface area contributed by atoms with Crippen LogP contribution in [0.15, 0.2) is 18.6 Å². The van der Waals surface area contributed by atoms with E-state index in [2.05, 4.69) is 32.3 Å². The molecule has 0 radical (unpaired) electrons. The van der Waals surface area contributed by atoms with E-state index in [0.717, 1.165) is 37.8 Å². The van der Waals surface area contributed by atoms with Gasteiger partial charge in [0.1, 0.15) is 6.20 Å². The molecule has 0 aliphatic carbocycles. The third kappa shape index (κ3) is 3.37. The number of likely N-dealkylation sites (tertiary alicyclic amines) is 1. The topological polar surface area (TPSA) is 128 Å². The molecule has 0 atom stereocenters. The van der Waals surface area contributed by atoms with Crippen LogP contribution in [0.4, 0.5) is 23.1 Å². The minimum absolute atomic E-state index is 0.171. The SMILES string of the molecule is CN1CCC(n2cc(Nc3ncc([N+](=O)[O-])c(N)n3)cn2)CC1. The first-order valence-corrected chi connectivity index (χ1v) is 7.29. The maximum absolute atomic E-state index is 10.7. The summed E-state index contributed by atoms with van der Waals surface area (Å²) in [6.45, 7) is 2.10. The third-order valence-corrected chi connectivity index (χ3v) is 3.91. The van der Waals surface area contributed by atoms with E-state index in [9.17, 15) is 10.1 Å². The van der Waals surface area contributed by atoms with Crippen LogP contribution in [0.1, 0.15) is 18.9 Å². The highest BCUT2D eigenvalue weighted by atomic mass is 16.6. The lowest BCUT2D eigenvalue weighted by Crippen LogP contribution is -2.31. The van der Waals surface area contributed by atoms with Crippen LogP contribution in [-0.4, -0.2) is 49.7 Å². The summed E-state index contributed by atoms with van der Waals surface area (Å²) in [6, 6.07) is 0.379. The average Bonchev–Trinajstić information content (AvgIpc) is 2.96. The molecular formula is C13H18N8O2. The highest BCUT2D eigenvalue weighted by Gasteiger charge is 2.19. The van der Waals surface area contributed by atoms with E-state index in [4.69, 9.17) is 5.73 Å².